The number of rotatable bonds is 11. The Balaban J connectivity index is 2.11. The van der Waals surface area contributed by atoms with Gasteiger partial charge in [0.2, 0.25) is 0 Å². The summed E-state index contributed by atoms with van der Waals surface area (Å²) in [7, 11) is 0. The van der Waals surface area contributed by atoms with Crippen LogP contribution >= 0.6 is 0 Å². The number of carbonyl (C=O) groups is 1. The molecule has 4 heteroatoms. The lowest BCUT2D eigenvalue weighted by atomic mass is 10.1. The lowest BCUT2D eigenvalue weighted by molar-refractivity contribution is 0.0953. The molecule has 0 spiro atoms. The number of carbonyl (C=O) groups excluding carboxylic acids is 1. The molecule has 0 bridgehead atoms. The van der Waals surface area contributed by atoms with Crippen LogP contribution in [0.1, 0.15) is 68.6 Å². The van der Waals surface area contributed by atoms with Crippen molar-refractivity contribution in [3.8, 4) is 0 Å². The fourth-order valence-electron chi connectivity index (χ4n) is 2.36. The van der Waals surface area contributed by atoms with E-state index in [-0.39, 0.29) is 5.91 Å². The van der Waals surface area contributed by atoms with Crippen molar-refractivity contribution >= 4 is 11.6 Å². The normalized spacial score (nSPS) is 10.4. The quantitative estimate of drug-likeness (QED) is 0.329. The minimum absolute atomic E-state index is 0.0634. The molecule has 1 aromatic carbocycles. The molecule has 0 radical (unpaired) electrons. The molecule has 0 aliphatic rings. The molecular formula is C17H29N3O. The highest BCUT2D eigenvalue weighted by atomic mass is 16.1. The van der Waals surface area contributed by atoms with E-state index in [0.717, 1.165) is 13.0 Å². The van der Waals surface area contributed by atoms with Gasteiger partial charge in [-0.1, -0.05) is 64.0 Å². The van der Waals surface area contributed by atoms with Gasteiger partial charge >= 0.3 is 0 Å². The number of amides is 1. The Morgan fingerprint density at radius 3 is 2.29 bits per heavy atom. The zero-order valence-corrected chi connectivity index (χ0v) is 13.2. The maximum atomic E-state index is 12.0. The van der Waals surface area contributed by atoms with Crippen molar-refractivity contribution in [1.29, 1.82) is 0 Å². The summed E-state index contributed by atoms with van der Waals surface area (Å²) < 4.78 is 0. The molecule has 0 saturated carbocycles. The first-order valence-corrected chi connectivity index (χ1v) is 8.13. The van der Waals surface area contributed by atoms with E-state index in [4.69, 9.17) is 5.84 Å². The third-order valence-corrected chi connectivity index (χ3v) is 3.64. The summed E-state index contributed by atoms with van der Waals surface area (Å²) in [6.07, 6.45) is 10.1. The standard InChI is InChI=1S/C17H29N3O/c1-2-3-4-5-6-7-8-11-14-19-17(21)15-12-9-10-13-16(15)20-18/h9-10,12-13,20H,2-8,11,14,18H2,1H3,(H,19,21). The molecule has 0 atom stereocenters. The number of hydrogen-bond donors (Lipinski definition) is 3. The van der Waals surface area contributed by atoms with E-state index < -0.39 is 0 Å². The minimum atomic E-state index is -0.0634. The molecule has 0 aliphatic heterocycles. The molecular weight excluding hydrogens is 262 g/mol. The lowest BCUT2D eigenvalue weighted by Gasteiger charge is -2.09. The van der Waals surface area contributed by atoms with Crippen LogP contribution in [0.4, 0.5) is 5.69 Å². The first-order chi connectivity index (χ1) is 10.3. The summed E-state index contributed by atoms with van der Waals surface area (Å²) in [6, 6.07) is 7.26. The van der Waals surface area contributed by atoms with Gasteiger partial charge in [-0.2, -0.15) is 0 Å². The highest BCUT2D eigenvalue weighted by molar-refractivity contribution is 5.99. The van der Waals surface area contributed by atoms with Crippen molar-refractivity contribution in [3.05, 3.63) is 29.8 Å². The first-order valence-electron chi connectivity index (χ1n) is 8.13. The predicted octanol–water partition coefficient (Wildman–Crippen LogP) is 3.84. The second-order valence-corrected chi connectivity index (χ2v) is 5.42. The largest absolute Gasteiger partial charge is 0.352 e. The molecule has 118 valence electrons. The van der Waals surface area contributed by atoms with Gasteiger partial charge in [-0.25, -0.2) is 0 Å². The number of hydrazine groups is 1. The number of nitrogen functional groups attached to an aromatic ring is 1. The molecule has 0 heterocycles. The number of anilines is 1. The van der Waals surface area contributed by atoms with E-state index >= 15 is 0 Å². The second kappa shape index (κ2) is 11.1. The summed E-state index contributed by atoms with van der Waals surface area (Å²) >= 11 is 0. The minimum Gasteiger partial charge on any atom is -0.352 e. The fraction of sp³-hybridized carbons (Fsp3) is 0.588. The molecule has 1 rings (SSSR count). The van der Waals surface area contributed by atoms with E-state index in [1.165, 1.54) is 44.9 Å². The van der Waals surface area contributed by atoms with Gasteiger partial charge in [0, 0.05) is 6.54 Å². The van der Waals surface area contributed by atoms with Crippen molar-refractivity contribution in [2.24, 2.45) is 5.84 Å². The average molecular weight is 291 g/mol. The zero-order valence-electron chi connectivity index (χ0n) is 13.2. The lowest BCUT2D eigenvalue weighted by Crippen LogP contribution is -2.26. The van der Waals surface area contributed by atoms with Gasteiger partial charge in [-0.15, -0.1) is 0 Å². The topological polar surface area (TPSA) is 67.2 Å². The smallest absolute Gasteiger partial charge is 0.253 e. The van der Waals surface area contributed by atoms with Crippen molar-refractivity contribution in [1.82, 2.24) is 5.32 Å². The summed E-state index contributed by atoms with van der Waals surface area (Å²) in [4.78, 5) is 12.0. The van der Waals surface area contributed by atoms with Crippen molar-refractivity contribution in [3.63, 3.8) is 0 Å². The third kappa shape index (κ3) is 7.14. The summed E-state index contributed by atoms with van der Waals surface area (Å²) in [5.74, 6) is 5.34. The van der Waals surface area contributed by atoms with E-state index in [1.54, 1.807) is 12.1 Å². The Morgan fingerprint density at radius 2 is 1.62 bits per heavy atom. The molecule has 0 unspecified atom stereocenters. The van der Waals surface area contributed by atoms with E-state index in [1.807, 2.05) is 12.1 Å². The van der Waals surface area contributed by atoms with Crippen LogP contribution in [0.3, 0.4) is 0 Å². The Kier molecular flexibility index (Phi) is 9.29. The fourth-order valence-corrected chi connectivity index (χ4v) is 2.36. The van der Waals surface area contributed by atoms with Gasteiger partial charge < -0.3 is 10.7 Å². The molecule has 0 fully saturated rings. The third-order valence-electron chi connectivity index (χ3n) is 3.64. The predicted molar refractivity (Wildman–Crippen MR) is 89.2 cm³/mol. The number of nitrogens with one attached hydrogen (secondary N) is 2. The summed E-state index contributed by atoms with van der Waals surface area (Å²) in [5.41, 5.74) is 3.81. The molecule has 0 aliphatic carbocycles. The van der Waals surface area contributed by atoms with Crippen LogP contribution < -0.4 is 16.6 Å². The molecule has 0 aromatic heterocycles. The van der Waals surface area contributed by atoms with Gasteiger partial charge in [-0.05, 0) is 18.6 Å². The van der Waals surface area contributed by atoms with Crippen LogP contribution in [0.2, 0.25) is 0 Å². The SMILES string of the molecule is CCCCCCCCCCNC(=O)c1ccccc1NN. The Morgan fingerprint density at radius 1 is 1.00 bits per heavy atom. The van der Waals surface area contributed by atoms with Crippen LogP contribution in [0.25, 0.3) is 0 Å². The molecule has 1 aromatic rings. The van der Waals surface area contributed by atoms with Crippen molar-refractivity contribution in [2.45, 2.75) is 58.3 Å². The van der Waals surface area contributed by atoms with Gasteiger partial charge in [0.05, 0.1) is 11.3 Å². The highest BCUT2D eigenvalue weighted by Crippen LogP contribution is 2.13. The van der Waals surface area contributed by atoms with Crippen molar-refractivity contribution < 1.29 is 4.79 Å². The molecule has 1 amide bonds. The van der Waals surface area contributed by atoms with Crippen molar-refractivity contribution in [2.75, 3.05) is 12.0 Å². The Labute approximate surface area is 128 Å². The Hall–Kier alpha value is -1.55. The van der Waals surface area contributed by atoms with Crippen LogP contribution in [-0.2, 0) is 0 Å². The first kappa shape index (κ1) is 17.5. The van der Waals surface area contributed by atoms with E-state index in [2.05, 4.69) is 17.7 Å². The van der Waals surface area contributed by atoms with Gasteiger partial charge in [0.15, 0.2) is 0 Å². The van der Waals surface area contributed by atoms with Crippen LogP contribution in [0.15, 0.2) is 24.3 Å². The highest BCUT2D eigenvalue weighted by Gasteiger charge is 2.08. The molecule has 21 heavy (non-hydrogen) atoms. The average Bonchev–Trinajstić information content (AvgIpc) is 2.53. The second-order valence-electron chi connectivity index (χ2n) is 5.42. The van der Waals surface area contributed by atoms with E-state index in [0.29, 0.717) is 11.3 Å². The maximum Gasteiger partial charge on any atom is 0.253 e. The molecule has 4 nitrogen and oxygen atoms in total. The summed E-state index contributed by atoms with van der Waals surface area (Å²) in [6.45, 7) is 2.97. The van der Waals surface area contributed by atoms with Gasteiger partial charge in [0.25, 0.3) is 5.91 Å². The maximum absolute atomic E-state index is 12.0. The zero-order chi connectivity index (χ0) is 15.3. The number of nitrogens with two attached hydrogens (primary N) is 1. The number of para-hydroxylation sites is 1. The van der Waals surface area contributed by atoms with E-state index in [9.17, 15) is 4.79 Å². The molecule has 4 N–H and O–H groups in total. The molecule has 0 saturated heterocycles. The van der Waals surface area contributed by atoms with Gasteiger partial charge in [0.1, 0.15) is 0 Å². The number of unbranched alkanes of at least 4 members (excludes halogenated alkanes) is 7. The van der Waals surface area contributed by atoms with Gasteiger partial charge in [-0.3, -0.25) is 10.6 Å². The van der Waals surface area contributed by atoms with Crippen LogP contribution in [0, 0.1) is 0 Å². The summed E-state index contributed by atoms with van der Waals surface area (Å²) in [5, 5.41) is 2.95. The Bertz CT molecular complexity index is 407. The monoisotopic (exact) mass is 291 g/mol. The van der Waals surface area contributed by atoms with Crippen LogP contribution in [0.5, 0.6) is 0 Å². The number of hydrogen-bond acceptors (Lipinski definition) is 3. The number of benzene rings is 1. The van der Waals surface area contributed by atoms with Crippen LogP contribution in [-0.4, -0.2) is 12.5 Å².